The molecule has 1 saturated carbocycles. The number of likely N-dealkylation sites (tertiary alicyclic amines) is 1. The second kappa shape index (κ2) is 8.44. The summed E-state index contributed by atoms with van der Waals surface area (Å²) in [6.45, 7) is 4.51. The first-order valence-corrected chi connectivity index (χ1v) is 11.4. The van der Waals surface area contributed by atoms with Crippen molar-refractivity contribution in [3.05, 3.63) is 33.8 Å². The van der Waals surface area contributed by atoms with Gasteiger partial charge in [0.05, 0.1) is 6.67 Å². The van der Waals surface area contributed by atoms with Gasteiger partial charge in [0.1, 0.15) is 5.54 Å². The molecule has 1 aromatic carbocycles. The molecule has 29 heavy (non-hydrogen) atoms. The van der Waals surface area contributed by atoms with Gasteiger partial charge in [-0.05, 0) is 68.3 Å². The molecule has 1 aliphatic carbocycles. The fourth-order valence-corrected chi connectivity index (χ4v) is 5.63. The third-order valence-corrected chi connectivity index (χ3v) is 7.53. The molecule has 0 spiro atoms. The van der Waals surface area contributed by atoms with Crippen LogP contribution < -0.4 is 5.32 Å². The lowest BCUT2D eigenvalue weighted by Gasteiger charge is -2.39. The summed E-state index contributed by atoms with van der Waals surface area (Å²) in [4.78, 5) is 30.3. The van der Waals surface area contributed by atoms with Crippen molar-refractivity contribution in [3.8, 4) is 0 Å². The maximum Gasteiger partial charge on any atom is 0.326 e. The number of amides is 3. The molecule has 3 fully saturated rings. The summed E-state index contributed by atoms with van der Waals surface area (Å²) >= 11 is 12.5. The number of hydrogen-bond donors (Lipinski definition) is 1. The van der Waals surface area contributed by atoms with Crippen LogP contribution in [0.4, 0.5) is 4.79 Å². The number of benzene rings is 1. The summed E-state index contributed by atoms with van der Waals surface area (Å²) in [7, 11) is 0. The molecule has 2 aliphatic heterocycles. The smallest absolute Gasteiger partial charge is 0.322 e. The van der Waals surface area contributed by atoms with Gasteiger partial charge in [-0.25, -0.2) is 9.69 Å². The zero-order valence-corrected chi connectivity index (χ0v) is 18.4. The predicted molar refractivity (Wildman–Crippen MR) is 115 cm³/mol. The summed E-state index contributed by atoms with van der Waals surface area (Å²) < 4.78 is 0. The van der Waals surface area contributed by atoms with E-state index in [-0.39, 0.29) is 17.9 Å². The Morgan fingerprint density at radius 3 is 2.45 bits per heavy atom. The lowest BCUT2D eigenvalue weighted by Crippen LogP contribution is -2.56. The Labute approximate surface area is 182 Å². The quantitative estimate of drug-likeness (QED) is 0.678. The molecule has 2 heterocycles. The average molecular weight is 438 g/mol. The molecule has 3 aliphatic rings. The van der Waals surface area contributed by atoms with Crippen LogP contribution in [-0.2, 0) is 11.2 Å². The van der Waals surface area contributed by atoms with Crippen molar-refractivity contribution < 1.29 is 9.59 Å². The van der Waals surface area contributed by atoms with Gasteiger partial charge in [0.15, 0.2) is 0 Å². The summed E-state index contributed by atoms with van der Waals surface area (Å²) in [6, 6.07) is 5.10. The summed E-state index contributed by atoms with van der Waals surface area (Å²) in [5.41, 5.74) is -0.0691. The van der Waals surface area contributed by atoms with E-state index in [2.05, 4.69) is 17.1 Å². The van der Waals surface area contributed by atoms with Crippen molar-refractivity contribution in [3.63, 3.8) is 0 Å². The van der Waals surface area contributed by atoms with Crippen molar-refractivity contribution >= 4 is 35.1 Å². The first kappa shape index (κ1) is 21.0. The van der Waals surface area contributed by atoms with E-state index >= 15 is 0 Å². The third-order valence-electron chi connectivity index (χ3n) is 6.94. The van der Waals surface area contributed by atoms with Gasteiger partial charge < -0.3 is 5.32 Å². The number of imide groups is 1. The molecule has 158 valence electrons. The molecule has 0 bridgehead atoms. The zero-order chi connectivity index (χ0) is 20.6. The highest BCUT2D eigenvalue weighted by molar-refractivity contribution is 6.35. The van der Waals surface area contributed by atoms with E-state index in [1.807, 2.05) is 6.07 Å². The first-order chi connectivity index (χ1) is 13.9. The lowest BCUT2D eigenvalue weighted by atomic mass is 9.69. The first-order valence-electron chi connectivity index (χ1n) is 10.7. The molecular weight excluding hydrogens is 409 g/mol. The van der Waals surface area contributed by atoms with Crippen LogP contribution in [0.5, 0.6) is 0 Å². The summed E-state index contributed by atoms with van der Waals surface area (Å²) in [5, 5.41) is 4.24. The number of carbonyl (C=O) groups is 2. The molecule has 1 unspecified atom stereocenters. The molecule has 5 nitrogen and oxygen atoms in total. The lowest BCUT2D eigenvalue weighted by molar-refractivity contribution is -0.135. The summed E-state index contributed by atoms with van der Waals surface area (Å²) in [6.07, 6.45) is 6.69. The third kappa shape index (κ3) is 4.14. The highest BCUT2D eigenvalue weighted by Gasteiger charge is 2.56. The number of carbonyl (C=O) groups excluding carboxylic acids is 2. The number of halogens is 2. The van der Waals surface area contributed by atoms with Gasteiger partial charge in [0.2, 0.25) is 0 Å². The van der Waals surface area contributed by atoms with Crippen molar-refractivity contribution in [1.82, 2.24) is 15.1 Å². The normalized spacial score (nSPS) is 30.8. The van der Waals surface area contributed by atoms with Crippen LogP contribution in [-0.4, -0.2) is 47.0 Å². The fourth-order valence-electron chi connectivity index (χ4n) is 5.16. The van der Waals surface area contributed by atoms with E-state index in [4.69, 9.17) is 23.2 Å². The Kier molecular flexibility index (Phi) is 6.10. The molecule has 2 saturated heterocycles. The maximum absolute atomic E-state index is 13.7. The van der Waals surface area contributed by atoms with E-state index < -0.39 is 5.54 Å². The Balaban J connectivity index is 1.64. The molecule has 7 heteroatoms. The molecular formula is C22H29Cl2N3O2. The van der Waals surface area contributed by atoms with E-state index in [1.54, 1.807) is 12.1 Å². The van der Waals surface area contributed by atoms with E-state index in [0.717, 1.165) is 57.2 Å². The van der Waals surface area contributed by atoms with Gasteiger partial charge >= 0.3 is 6.03 Å². The molecule has 4 rings (SSSR count). The number of nitrogens with one attached hydrogen (secondary N) is 1. The van der Waals surface area contributed by atoms with Gasteiger partial charge in [-0.15, -0.1) is 0 Å². The second-order valence-electron chi connectivity index (χ2n) is 8.97. The fraction of sp³-hybridized carbons (Fsp3) is 0.636. The Morgan fingerprint density at radius 1 is 1.10 bits per heavy atom. The predicted octanol–water partition coefficient (Wildman–Crippen LogP) is 4.71. The van der Waals surface area contributed by atoms with Gasteiger partial charge in [0.25, 0.3) is 5.91 Å². The van der Waals surface area contributed by atoms with Crippen molar-refractivity contribution in [2.24, 2.45) is 11.8 Å². The van der Waals surface area contributed by atoms with Crippen molar-refractivity contribution in [2.75, 3.05) is 19.8 Å². The minimum absolute atomic E-state index is 0.0973. The Morgan fingerprint density at radius 2 is 1.79 bits per heavy atom. The average Bonchev–Trinajstić information content (AvgIpc) is 3.28. The molecule has 0 aromatic heterocycles. The van der Waals surface area contributed by atoms with Crippen LogP contribution in [0.2, 0.25) is 10.0 Å². The number of hydrogen-bond acceptors (Lipinski definition) is 3. The van der Waals surface area contributed by atoms with Gasteiger partial charge in [-0.3, -0.25) is 9.69 Å². The van der Waals surface area contributed by atoms with E-state index in [9.17, 15) is 9.59 Å². The van der Waals surface area contributed by atoms with Crippen LogP contribution in [0.1, 0.15) is 51.0 Å². The second-order valence-corrected chi connectivity index (χ2v) is 9.81. The number of urea groups is 1. The minimum Gasteiger partial charge on any atom is -0.322 e. The van der Waals surface area contributed by atoms with Crippen LogP contribution in [0.3, 0.4) is 0 Å². The van der Waals surface area contributed by atoms with Crippen LogP contribution in [0.15, 0.2) is 18.2 Å². The van der Waals surface area contributed by atoms with Crippen molar-refractivity contribution in [2.45, 2.75) is 57.4 Å². The maximum atomic E-state index is 13.7. The van der Waals surface area contributed by atoms with E-state index in [1.165, 1.54) is 4.90 Å². The monoisotopic (exact) mass is 437 g/mol. The largest absolute Gasteiger partial charge is 0.326 e. The zero-order valence-electron chi connectivity index (χ0n) is 16.9. The SMILES string of the molecule is CC1CCC(C2(Cc3ccc(Cl)cc3Cl)NC(=O)N(CN3CCCC3)C2=O)CC1. The van der Waals surface area contributed by atoms with E-state index in [0.29, 0.717) is 29.1 Å². The molecule has 1 atom stereocenters. The van der Waals surface area contributed by atoms with Crippen LogP contribution >= 0.6 is 23.2 Å². The van der Waals surface area contributed by atoms with Gasteiger partial charge in [-0.2, -0.15) is 0 Å². The van der Waals surface area contributed by atoms with Crippen molar-refractivity contribution in [1.29, 1.82) is 0 Å². The van der Waals surface area contributed by atoms with Gasteiger partial charge in [-0.1, -0.05) is 49.0 Å². The van der Waals surface area contributed by atoms with Gasteiger partial charge in [0, 0.05) is 16.5 Å². The number of nitrogens with zero attached hydrogens (tertiary/aromatic N) is 2. The minimum atomic E-state index is -0.922. The van der Waals surface area contributed by atoms with Crippen LogP contribution in [0.25, 0.3) is 0 Å². The molecule has 1 N–H and O–H groups in total. The molecule has 0 radical (unpaired) electrons. The molecule has 1 aromatic rings. The standard InChI is InChI=1S/C22H29Cl2N3O2/c1-15-4-7-17(8-5-15)22(13-16-6-9-18(23)12-19(16)24)20(28)27(21(29)25-22)14-26-10-2-3-11-26/h6,9,12,15,17H,2-5,7-8,10-11,13-14H2,1H3,(H,25,29). The highest BCUT2D eigenvalue weighted by atomic mass is 35.5. The van der Waals surface area contributed by atoms with Crippen LogP contribution in [0, 0.1) is 11.8 Å². The highest BCUT2D eigenvalue weighted by Crippen LogP contribution is 2.41. The number of rotatable bonds is 5. The topological polar surface area (TPSA) is 52.7 Å². The Hall–Kier alpha value is -1.30. The summed E-state index contributed by atoms with van der Waals surface area (Å²) in [5.74, 6) is 0.681. The Bertz CT molecular complexity index is 788. The molecule has 3 amide bonds.